The molecule has 0 aromatic heterocycles. The van der Waals surface area contributed by atoms with E-state index < -0.39 is 10.9 Å². The number of rotatable bonds is 7. The van der Waals surface area contributed by atoms with Crippen molar-refractivity contribution in [2.75, 3.05) is 11.9 Å². The molecule has 25 heavy (non-hydrogen) atoms. The monoisotopic (exact) mass is 382 g/mol. The lowest BCUT2D eigenvalue weighted by Crippen LogP contribution is -2.12. The average Bonchev–Trinajstić information content (AvgIpc) is 2.55. The maximum absolute atomic E-state index is 11.4. The van der Waals surface area contributed by atoms with Crippen LogP contribution in [-0.2, 0) is 12.8 Å². The minimum Gasteiger partial charge on any atom is -0.478 e. The van der Waals surface area contributed by atoms with Crippen LogP contribution in [0.4, 0.5) is 11.4 Å². The maximum atomic E-state index is 11.4. The van der Waals surface area contributed by atoms with Crippen molar-refractivity contribution in [2.45, 2.75) is 19.8 Å². The first kappa shape index (κ1) is 19.0. The van der Waals surface area contributed by atoms with E-state index in [1.54, 1.807) is 25.1 Å². The van der Waals surface area contributed by atoms with Gasteiger partial charge in [0.05, 0.1) is 10.5 Å². The summed E-state index contributed by atoms with van der Waals surface area (Å²) in [7, 11) is 0. The highest BCUT2D eigenvalue weighted by atomic mass is 35.5. The molecule has 0 radical (unpaired) electrons. The molecule has 0 heterocycles. The van der Waals surface area contributed by atoms with Crippen molar-refractivity contribution < 1.29 is 14.8 Å². The summed E-state index contributed by atoms with van der Waals surface area (Å²) >= 11 is 12.0. The summed E-state index contributed by atoms with van der Waals surface area (Å²) in [5.74, 6) is -1.12. The summed E-state index contributed by atoms with van der Waals surface area (Å²) in [6, 6.07) is 7.60. The number of carbonyl (C=O) groups is 1. The van der Waals surface area contributed by atoms with Gasteiger partial charge in [0.2, 0.25) is 0 Å². The number of halogens is 2. The van der Waals surface area contributed by atoms with Crippen molar-refractivity contribution >= 4 is 40.5 Å². The molecule has 132 valence electrons. The van der Waals surface area contributed by atoms with Crippen LogP contribution in [-0.4, -0.2) is 22.5 Å². The van der Waals surface area contributed by atoms with Crippen LogP contribution in [0.1, 0.15) is 28.4 Å². The molecule has 0 saturated heterocycles. The summed E-state index contributed by atoms with van der Waals surface area (Å²) in [6.07, 6.45) is 0.862. The Morgan fingerprint density at radius 3 is 2.56 bits per heavy atom. The molecule has 0 aliphatic carbocycles. The van der Waals surface area contributed by atoms with Gasteiger partial charge in [-0.05, 0) is 42.2 Å². The maximum Gasteiger partial charge on any atom is 0.336 e. The van der Waals surface area contributed by atoms with Crippen molar-refractivity contribution in [1.82, 2.24) is 0 Å². The summed E-state index contributed by atoms with van der Waals surface area (Å²) in [6.45, 7) is 2.12. The molecule has 2 aromatic rings. The zero-order valence-corrected chi connectivity index (χ0v) is 14.9. The minimum absolute atomic E-state index is 0.0557. The number of hydrogen-bond donors (Lipinski definition) is 2. The number of hydrogen-bond acceptors (Lipinski definition) is 4. The van der Waals surface area contributed by atoms with Crippen LogP contribution in [0.3, 0.4) is 0 Å². The van der Waals surface area contributed by atoms with Crippen LogP contribution in [0.25, 0.3) is 0 Å². The van der Waals surface area contributed by atoms with Gasteiger partial charge in [0, 0.05) is 22.7 Å². The molecule has 0 amide bonds. The van der Waals surface area contributed by atoms with E-state index in [9.17, 15) is 20.0 Å². The fraction of sp³-hybridized carbons (Fsp3) is 0.235. The Morgan fingerprint density at radius 1 is 1.28 bits per heavy atom. The van der Waals surface area contributed by atoms with E-state index in [4.69, 9.17) is 23.2 Å². The Hall–Kier alpha value is -2.31. The second-order valence-corrected chi connectivity index (χ2v) is 6.16. The van der Waals surface area contributed by atoms with Crippen LogP contribution >= 0.6 is 23.2 Å². The summed E-state index contributed by atoms with van der Waals surface area (Å²) in [5.41, 5.74) is 1.39. The lowest BCUT2D eigenvalue weighted by Gasteiger charge is -2.14. The molecule has 2 N–H and O–H groups in total. The summed E-state index contributed by atoms with van der Waals surface area (Å²) < 4.78 is 0. The third-order valence-electron chi connectivity index (χ3n) is 3.78. The number of aromatic carboxylic acids is 1. The number of benzene rings is 2. The molecule has 0 aliphatic rings. The molecule has 0 fully saturated rings. The smallest absolute Gasteiger partial charge is 0.336 e. The lowest BCUT2D eigenvalue weighted by atomic mass is 10.0. The highest BCUT2D eigenvalue weighted by Crippen LogP contribution is 2.32. The second-order valence-electron chi connectivity index (χ2n) is 5.31. The van der Waals surface area contributed by atoms with Crippen molar-refractivity contribution in [1.29, 1.82) is 0 Å². The van der Waals surface area contributed by atoms with Crippen molar-refractivity contribution in [3.63, 3.8) is 0 Å². The Bertz CT molecular complexity index is 825. The van der Waals surface area contributed by atoms with Gasteiger partial charge in [0.25, 0.3) is 5.69 Å². The van der Waals surface area contributed by atoms with E-state index >= 15 is 0 Å². The van der Waals surface area contributed by atoms with E-state index in [2.05, 4.69) is 5.32 Å². The highest BCUT2D eigenvalue weighted by molar-refractivity contribution is 6.35. The van der Waals surface area contributed by atoms with Gasteiger partial charge < -0.3 is 10.4 Å². The first-order valence-corrected chi connectivity index (χ1v) is 8.32. The molecular weight excluding hydrogens is 367 g/mol. The lowest BCUT2D eigenvalue weighted by molar-refractivity contribution is -0.384. The van der Waals surface area contributed by atoms with Gasteiger partial charge in [-0.1, -0.05) is 36.2 Å². The molecule has 0 saturated carbocycles. The molecule has 0 bridgehead atoms. The Labute approximate surface area is 154 Å². The molecule has 0 aliphatic heterocycles. The Kier molecular flexibility index (Phi) is 6.22. The third-order valence-corrected chi connectivity index (χ3v) is 4.37. The Morgan fingerprint density at radius 2 is 2.00 bits per heavy atom. The Balaban J connectivity index is 2.29. The SMILES string of the molecule is CCc1c(C(=O)O)ccc([N+](=O)[O-])c1NCCc1ccc(Cl)cc1Cl. The zero-order valence-electron chi connectivity index (χ0n) is 13.4. The van der Waals surface area contributed by atoms with Crippen LogP contribution in [0.15, 0.2) is 30.3 Å². The first-order chi connectivity index (χ1) is 11.8. The van der Waals surface area contributed by atoms with E-state index in [0.717, 1.165) is 5.56 Å². The summed E-state index contributed by atoms with van der Waals surface area (Å²) in [4.78, 5) is 22.1. The van der Waals surface area contributed by atoms with Crippen LogP contribution < -0.4 is 5.32 Å². The van der Waals surface area contributed by atoms with Gasteiger partial charge in [0.15, 0.2) is 0 Å². The van der Waals surface area contributed by atoms with Gasteiger partial charge >= 0.3 is 5.97 Å². The molecule has 2 aromatic carbocycles. The fourth-order valence-corrected chi connectivity index (χ4v) is 3.10. The van der Waals surface area contributed by atoms with E-state index in [1.165, 1.54) is 12.1 Å². The quantitative estimate of drug-likeness (QED) is 0.528. The van der Waals surface area contributed by atoms with Gasteiger partial charge in [-0.15, -0.1) is 0 Å². The summed E-state index contributed by atoms with van der Waals surface area (Å²) in [5, 5.41) is 24.6. The topological polar surface area (TPSA) is 92.5 Å². The number of carboxylic acids is 1. The van der Waals surface area contributed by atoms with Crippen molar-refractivity contribution in [2.24, 2.45) is 0 Å². The van der Waals surface area contributed by atoms with Gasteiger partial charge in [0.1, 0.15) is 5.69 Å². The normalized spacial score (nSPS) is 10.5. The van der Waals surface area contributed by atoms with Crippen LogP contribution in [0.2, 0.25) is 10.0 Å². The average molecular weight is 383 g/mol. The molecule has 0 spiro atoms. The van der Waals surface area contributed by atoms with Crippen LogP contribution in [0.5, 0.6) is 0 Å². The number of nitro benzene ring substituents is 1. The highest BCUT2D eigenvalue weighted by Gasteiger charge is 2.22. The third kappa shape index (κ3) is 4.41. The second kappa shape index (κ2) is 8.18. The number of nitrogens with zero attached hydrogens (tertiary/aromatic N) is 1. The van der Waals surface area contributed by atoms with E-state index in [-0.39, 0.29) is 16.9 Å². The largest absolute Gasteiger partial charge is 0.478 e. The molecule has 6 nitrogen and oxygen atoms in total. The molecule has 0 unspecified atom stereocenters. The van der Waals surface area contributed by atoms with Gasteiger partial charge in [-0.25, -0.2) is 4.79 Å². The number of nitrogens with one attached hydrogen (secondary N) is 1. The van der Waals surface area contributed by atoms with Crippen molar-refractivity contribution in [3.05, 3.63) is 67.2 Å². The zero-order chi connectivity index (χ0) is 18.6. The molecular formula is C17H16Cl2N2O4. The standard InChI is InChI=1S/C17H16Cl2N2O4/c1-2-12-13(17(22)23)5-6-15(21(24)25)16(12)20-8-7-10-3-4-11(18)9-14(10)19/h3-6,9,20H,2,7-8H2,1H3,(H,22,23). The van der Waals surface area contributed by atoms with Gasteiger partial charge in [-0.3, -0.25) is 10.1 Å². The number of carboxylic acid groups (broad SMARTS) is 1. The van der Waals surface area contributed by atoms with Crippen molar-refractivity contribution in [3.8, 4) is 0 Å². The van der Waals surface area contributed by atoms with Gasteiger partial charge in [-0.2, -0.15) is 0 Å². The van der Waals surface area contributed by atoms with Crippen LogP contribution in [0, 0.1) is 10.1 Å². The molecule has 2 rings (SSSR count). The molecule has 0 atom stereocenters. The van der Waals surface area contributed by atoms with E-state index in [1.807, 2.05) is 0 Å². The first-order valence-electron chi connectivity index (χ1n) is 7.56. The predicted molar refractivity (Wildman–Crippen MR) is 98.1 cm³/mol. The minimum atomic E-state index is -1.12. The number of anilines is 1. The van der Waals surface area contributed by atoms with E-state index in [0.29, 0.717) is 35.0 Å². The molecule has 8 heteroatoms. The predicted octanol–water partition coefficient (Wildman–Crippen LogP) is 4.82. The number of nitro groups is 1. The fourth-order valence-electron chi connectivity index (χ4n) is 2.60.